The molecule has 1 fully saturated rings. The summed E-state index contributed by atoms with van der Waals surface area (Å²) in [5, 5.41) is 14.4. The molecule has 2 aromatic rings. The molecule has 0 radical (unpaired) electrons. The van der Waals surface area contributed by atoms with Gasteiger partial charge in [0.2, 0.25) is 0 Å². The molecule has 1 aliphatic rings. The van der Waals surface area contributed by atoms with Gasteiger partial charge in [-0.1, -0.05) is 0 Å². The minimum Gasteiger partial charge on any atom is -0.374 e. The number of hydrogen-bond donors (Lipinski definition) is 1. The van der Waals surface area contributed by atoms with E-state index in [2.05, 4.69) is 17.2 Å². The van der Waals surface area contributed by atoms with Crippen molar-refractivity contribution in [1.82, 2.24) is 4.98 Å². The van der Waals surface area contributed by atoms with Gasteiger partial charge < -0.3 is 5.32 Å². The van der Waals surface area contributed by atoms with E-state index in [1.54, 1.807) is 11.6 Å². The zero-order valence-corrected chi connectivity index (χ0v) is 10.1. The van der Waals surface area contributed by atoms with E-state index in [9.17, 15) is 10.1 Å². The van der Waals surface area contributed by atoms with Crippen molar-refractivity contribution in [3.63, 3.8) is 0 Å². The Hall–Kier alpha value is -1.69. The van der Waals surface area contributed by atoms with E-state index in [0.717, 1.165) is 17.5 Å². The quantitative estimate of drug-likeness (QED) is 0.670. The Morgan fingerprint density at radius 2 is 2.29 bits per heavy atom. The normalized spacial score (nSPS) is 17.0. The molecule has 1 saturated carbocycles. The smallest absolute Gasteiger partial charge is 0.319 e. The van der Waals surface area contributed by atoms with Crippen LogP contribution >= 0.6 is 11.3 Å². The van der Waals surface area contributed by atoms with Crippen molar-refractivity contribution < 1.29 is 4.92 Å². The van der Waals surface area contributed by atoms with E-state index < -0.39 is 0 Å². The lowest BCUT2D eigenvalue weighted by Gasteiger charge is -2.13. The van der Waals surface area contributed by atoms with Crippen LogP contribution in [-0.4, -0.2) is 15.4 Å². The molecular formula is C11H11N3O2S. The lowest BCUT2D eigenvalue weighted by Crippen LogP contribution is -2.16. The second kappa shape index (κ2) is 3.40. The van der Waals surface area contributed by atoms with Crippen molar-refractivity contribution in [2.75, 3.05) is 5.32 Å². The fourth-order valence-corrected chi connectivity index (χ4v) is 2.52. The molecule has 0 unspecified atom stereocenters. The van der Waals surface area contributed by atoms with Gasteiger partial charge in [-0.2, -0.15) is 0 Å². The summed E-state index contributed by atoms with van der Waals surface area (Å²) in [6.45, 7) is 2.07. The Labute approximate surface area is 102 Å². The molecule has 0 amide bonds. The van der Waals surface area contributed by atoms with Crippen molar-refractivity contribution in [1.29, 1.82) is 0 Å². The number of hydrogen-bond acceptors (Lipinski definition) is 5. The van der Waals surface area contributed by atoms with Crippen LogP contribution in [-0.2, 0) is 0 Å². The first-order chi connectivity index (χ1) is 8.09. The Balaban J connectivity index is 2.15. The lowest BCUT2D eigenvalue weighted by atomic mass is 10.2. The number of benzene rings is 1. The molecular weight excluding hydrogens is 238 g/mol. The highest BCUT2D eigenvalue weighted by molar-refractivity contribution is 7.16. The van der Waals surface area contributed by atoms with Crippen molar-refractivity contribution in [3.8, 4) is 0 Å². The predicted molar refractivity (Wildman–Crippen MR) is 67.5 cm³/mol. The number of thiazole rings is 1. The third-order valence-electron chi connectivity index (χ3n) is 3.09. The Morgan fingerprint density at radius 1 is 1.53 bits per heavy atom. The van der Waals surface area contributed by atoms with Gasteiger partial charge in [0.25, 0.3) is 0 Å². The summed E-state index contributed by atoms with van der Waals surface area (Å²) in [4.78, 5) is 14.9. The van der Waals surface area contributed by atoms with Gasteiger partial charge in [0.15, 0.2) is 5.52 Å². The van der Waals surface area contributed by atoms with Gasteiger partial charge in [-0.25, -0.2) is 4.98 Å². The zero-order chi connectivity index (χ0) is 12.0. The predicted octanol–water partition coefficient (Wildman–Crippen LogP) is 3.17. The molecule has 0 saturated heterocycles. The van der Waals surface area contributed by atoms with Crippen LogP contribution in [0.15, 0.2) is 17.6 Å². The first-order valence-corrected chi connectivity index (χ1v) is 6.26. The fourth-order valence-electron chi connectivity index (χ4n) is 1.84. The minimum atomic E-state index is -0.351. The fraction of sp³-hybridized carbons (Fsp3) is 0.364. The number of nitro benzene ring substituents is 1. The summed E-state index contributed by atoms with van der Waals surface area (Å²) in [5.41, 5.74) is 2.81. The van der Waals surface area contributed by atoms with Gasteiger partial charge in [-0.3, -0.25) is 10.1 Å². The van der Waals surface area contributed by atoms with Crippen LogP contribution in [0.25, 0.3) is 10.2 Å². The van der Waals surface area contributed by atoms with Crippen molar-refractivity contribution in [2.45, 2.75) is 25.3 Å². The van der Waals surface area contributed by atoms with Crippen LogP contribution in [0.1, 0.15) is 19.8 Å². The van der Waals surface area contributed by atoms with E-state index in [0.29, 0.717) is 11.2 Å². The van der Waals surface area contributed by atoms with E-state index in [1.165, 1.54) is 11.3 Å². The van der Waals surface area contributed by atoms with Crippen LogP contribution in [0.3, 0.4) is 0 Å². The van der Waals surface area contributed by atoms with Crippen molar-refractivity contribution in [3.05, 3.63) is 27.8 Å². The van der Waals surface area contributed by atoms with E-state index in [-0.39, 0.29) is 16.1 Å². The van der Waals surface area contributed by atoms with E-state index in [4.69, 9.17) is 0 Å². The van der Waals surface area contributed by atoms with Crippen molar-refractivity contribution in [2.24, 2.45) is 0 Å². The molecule has 1 aromatic carbocycles. The summed E-state index contributed by atoms with van der Waals surface area (Å²) >= 11 is 1.42. The summed E-state index contributed by atoms with van der Waals surface area (Å²) in [6.07, 6.45) is 2.11. The highest BCUT2D eigenvalue weighted by Gasteiger charge is 2.39. The standard InChI is InChI=1S/C11H11N3O2S/c1-11(4-5-11)13-7-2-3-8-9(12-6-17-8)10(7)14(15)16/h2-3,6,13H,4-5H2,1H3. The number of nitrogens with one attached hydrogen (secondary N) is 1. The summed E-state index contributed by atoms with van der Waals surface area (Å²) < 4.78 is 0.850. The van der Waals surface area contributed by atoms with Gasteiger partial charge in [0.1, 0.15) is 5.69 Å². The Kier molecular flexibility index (Phi) is 2.09. The van der Waals surface area contributed by atoms with Crippen LogP contribution in [0, 0.1) is 10.1 Å². The van der Waals surface area contributed by atoms with Crippen LogP contribution in [0.2, 0.25) is 0 Å². The molecule has 1 N–H and O–H groups in total. The Bertz CT molecular complexity index is 604. The number of anilines is 1. The Morgan fingerprint density at radius 3 is 2.94 bits per heavy atom. The molecule has 0 spiro atoms. The van der Waals surface area contributed by atoms with Gasteiger partial charge in [0.05, 0.1) is 15.1 Å². The average molecular weight is 249 g/mol. The first-order valence-electron chi connectivity index (χ1n) is 5.38. The molecule has 88 valence electrons. The summed E-state index contributed by atoms with van der Waals surface area (Å²) in [5.74, 6) is 0. The highest BCUT2D eigenvalue weighted by Crippen LogP contribution is 2.42. The van der Waals surface area contributed by atoms with E-state index in [1.807, 2.05) is 6.07 Å². The van der Waals surface area contributed by atoms with Gasteiger partial charge in [-0.05, 0) is 31.9 Å². The maximum Gasteiger partial charge on any atom is 0.319 e. The monoisotopic (exact) mass is 249 g/mol. The van der Waals surface area contributed by atoms with Crippen LogP contribution in [0.4, 0.5) is 11.4 Å². The molecule has 0 bridgehead atoms. The molecule has 0 atom stereocenters. The number of nitro groups is 1. The second-order valence-corrected chi connectivity index (χ2v) is 5.49. The molecule has 6 heteroatoms. The number of fused-ring (bicyclic) bond motifs is 1. The molecule has 0 aliphatic heterocycles. The average Bonchev–Trinajstić information content (AvgIpc) is 2.81. The third-order valence-corrected chi connectivity index (χ3v) is 3.89. The maximum absolute atomic E-state index is 11.2. The zero-order valence-electron chi connectivity index (χ0n) is 9.27. The highest BCUT2D eigenvalue weighted by atomic mass is 32.1. The lowest BCUT2D eigenvalue weighted by molar-refractivity contribution is -0.382. The largest absolute Gasteiger partial charge is 0.374 e. The molecule has 1 aliphatic carbocycles. The van der Waals surface area contributed by atoms with E-state index >= 15 is 0 Å². The van der Waals surface area contributed by atoms with Crippen molar-refractivity contribution >= 4 is 32.9 Å². The number of aromatic nitrogens is 1. The van der Waals surface area contributed by atoms with Gasteiger partial charge >= 0.3 is 5.69 Å². The molecule has 1 heterocycles. The SMILES string of the molecule is CC1(Nc2ccc3scnc3c2[N+](=O)[O-])CC1. The molecule has 17 heavy (non-hydrogen) atoms. The first kappa shape index (κ1) is 10.5. The number of nitrogens with zero attached hydrogens (tertiary/aromatic N) is 2. The minimum absolute atomic E-state index is 0.0223. The summed E-state index contributed by atoms with van der Waals surface area (Å²) in [6, 6.07) is 3.66. The van der Waals surface area contributed by atoms with Gasteiger partial charge in [-0.15, -0.1) is 11.3 Å². The van der Waals surface area contributed by atoms with Crippen LogP contribution in [0.5, 0.6) is 0 Å². The second-order valence-electron chi connectivity index (χ2n) is 4.60. The summed E-state index contributed by atoms with van der Waals surface area (Å²) in [7, 11) is 0. The molecule has 5 nitrogen and oxygen atoms in total. The third kappa shape index (κ3) is 1.74. The molecule has 3 rings (SSSR count). The molecule has 1 aromatic heterocycles. The van der Waals surface area contributed by atoms with Crippen LogP contribution < -0.4 is 5.32 Å². The number of rotatable bonds is 3. The topological polar surface area (TPSA) is 68.1 Å². The maximum atomic E-state index is 11.2. The van der Waals surface area contributed by atoms with Gasteiger partial charge in [0, 0.05) is 5.54 Å².